The molecule has 0 saturated carbocycles. The molecule has 1 amide bonds. The van der Waals surface area contributed by atoms with Crippen molar-refractivity contribution in [2.75, 3.05) is 6.54 Å². The second-order valence-electron chi connectivity index (χ2n) is 8.90. The molecule has 0 unspecified atom stereocenters. The third-order valence-corrected chi connectivity index (χ3v) is 4.84. The number of nitrogens with one attached hydrogen (secondary N) is 1. The van der Waals surface area contributed by atoms with Crippen LogP contribution in [0.25, 0.3) is 0 Å². The highest BCUT2D eigenvalue weighted by Crippen LogP contribution is 2.22. The van der Waals surface area contributed by atoms with Crippen molar-refractivity contribution in [1.82, 2.24) is 5.32 Å². The zero-order valence-corrected chi connectivity index (χ0v) is 20.0. The van der Waals surface area contributed by atoms with Gasteiger partial charge in [0.2, 0.25) is 5.54 Å². The van der Waals surface area contributed by atoms with Gasteiger partial charge in [-0.1, -0.05) is 60.7 Å². The Hall–Kier alpha value is -3.39. The van der Waals surface area contributed by atoms with Gasteiger partial charge in [-0.25, -0.2) is 14.4 Å². The summed E-state index contributed by atoms with van der Waals surface area (Å²) >= 11 is 0. The van der Waals surface area contributed by atoms with E-state index in [4.69, 9.17) is 19.9 Å². The molecule has 0 aromatic heterocycles. The van der Waals surface area contributed by atoms with E-state index in [1.807, 2.05) is 36.4 Å². The molecule has 3 N–H and O–H groups in total. The fourth-order valence-corrected chi connectivity index (χ4v) is 3.16. The summed E-state index contributed by atoms with van der Waals surface area (Å²) in [5, 5.41) is 2.47. The van der Waals surface area contributed by atoms with Crippen molar-refractivity contribution in [2.24, 2.45) is 5.73 Å². The molecule has 0 spiro atoms. The first-order valence-electron chi connectivity index (χ1n) is 11.3. The van der Waals surface area contributed by atoms with Gasteiger partial charge in [-0.15, -0.1) is 0 Å². The van der Waals surface area contributed by atoms with Crippen LogP contribution in [-0.4, -0.2) is 35.7 Å². The minimum absolute atomic E-state index is 0.0509. The van der Waals surface area contributed by atoms with Crippen molar-refractivity contribution in [3.8, 4) is 0 Å². The number of hydrogen-bond donors (Lipinski definition) is 2. The maximum absolute atomic E-state index is 13.4. The van der Waals surface area contributed by atoms with E-state index in [0.29, 0.717) is 19.4 Å². The first kappa shape index (κ1) is 26.9. The smallest absolute Gasteiger partial charge is 0.409 e. The maximum atomic E-state index is 13.4. The number of rotatable bonds is 11. The molecule has 0 aliphatic carbocycles. The van der Waals surface area contributed by atoms with E-state index >= 15 is 0 Å². The van der Waals surface area contributed by atoms with Crippen LogP contribution in [0.5, 0.6) is 0 Å². The summed E-state index contributed by atoms with van der Waals surface area (Å²) in [5.74, 6) is -1.84. The van der Waals surface area contributed by atoms with E-state index < -0.39 is 29.2 Å². The van der Waals surface area contributed by atoms with Crippen LogP contribution in [0.15, 0.2) is 60.7 Å². The topological polar surface area (TPSA) is 117 Å². The van der Waals surface area contributed by atoms with Gasteiger partial charge in [0.25, 0.3) is 0 Å². The molecule has 184 valence electrons. The zero-order valence-electron chi connectivity index (χ0n) is 20.0. The molecule has 0 aliphatic rings. The molecule has 8 heteroatoms. The summed E-state index contributed by atoms with van der Waals surface area (Å²) in [6, 6.07) is 18.1. The van der Waals surface area contributed by atoms with Gasteiger partial charge >= 0.3 is 18.0 Å². The highest BCUT2D eigenvalue weighted by molar-refractivity contribution is 6.07. The SMILES string of the molecule is CC(C)(C)OC(=O)NC(CCCCN)(C(=O)OCc1ccccc1)C(=O)OCc1ccccc1. The molecule has 0 saturated heterocycles. The molecule has 34 heavy (non-hydrogen) atoms. The molecule has 0 heterocycles. The third kappa shape index (κ3) is 8.51. The fraction of sp³-hybridized carbons (Fsp3) is 0.423. The minimum atomic E-state index is -2.08. The summed E-state index contributed by atoms with van der Waals surface area (Å²) in [6.07, 6.45) is -0.0540. The number of alkyl carbamates (subject to hydrolysis) is 1. The standard InChI is InChI=1S/C26H34N2O6/c1-25(2,3)34-24(31)28-26(16-10-11-17-27,22(29)32-18-20-12-6-4-7-13-20)23(30)33-19-21-14-8-5-9-15-21/h4-9,12-15H,10-11,16-19,27H2,1-3H3,(H,28,31). The van der Waals surface area contributed by atoms with Gasteiger partial charge in [0.05, 0.1) is 0 Å². The van der Waals surface area contributed by atoms with Crippen LogP contribution in [0.3, 0.4) is 0 Å². The first-order valence-corrected chi connectivity index (χ1v) is 11.3. The number of carbonyl (C=O) groups excluding carboxylic acids is 3. The lowest BCUT2D eigenvalue weighted by molar-refractivity contribution is -0.169. The molecule has 2 aromatic rings. The summed E-state index contributed by atoms with van der Waals surface area (Å²) < 4.78 is 16.3. The molecule has 8 nitrogen and oxygen atoms in total. The van der Waals surface area contributed by atoms with Gasteiger partial charge < -0.3 is 19.9 Å². The second kappa shape index (κ2) is 12.7. The van der Waals surface area contributed by atoms with Crippen molar-refractivity contribution in [3.63, 3.8) is 0 Å². The molecule has 2 aromatic carbocycles. The lowest BCUT2D eigenvalue weighted by atomic mass is 9.92. The van der Waals surface area contributed by atoms with Crippen molar-refractivity contribution >= 4 is 18.0 Å². The Labute approximate surface area is 200 Å². The van der Waals surface area contributed by atoms with Crippen LogP contribution in [0.1, 0.15) is 51.2 Å². The Kier molecular flexibility index (Phi) is 10.1. The monoisotopic (exact) mass is 470 g/mol. The molecular formula is C26H34N2O6. The Morgan fingerprint density at radius 2 is 1.26 bits per heavy atom. The Balaban J connectivity index is 2.31. The van der Waals surface area contributed by atoms with Gasteiger partial charge in [0.1, 0.15) is 18.8 Å². The molecule has 0 aliphatic heterocycles. The van der Waals surface area contributed by atoms with E-state index in [1.54, 1.807) is 45.0 Å². The van der Waals surface area contributed by atoms with Crippen LogP contribution in [0, 0.1) is 0 Å². The highest BCUT2D eigenvalue weighted by atomic mass is 16.6. The molecule has 0 fully saturated rings. The zero-order chi connectivity index (χ0) is 25.0. The van der Waals surface area contributed by atoms with Gasteiger partial charge in [-0.05, 0) is 57.7 Å². The van der Waals surface area contributed by atoms with Gasteiger partial charge in [0, 0.05) is 0 Å². The summed E-state index contributed by atoms with van der Waals surface area (Å²) in [5.41, 5.74) is 4.17. The predicted octanol–water partition coefficient (Wildman–Crippen LogP) is 3.87. The Bertz CT molecular complexity index is 870. The number of carbonyl (C=O) groups is 3. The van der Waals surface area contributed by atoms with Crippen molar-refractivity contribution in [2.45, 2.75) is 64.4 Å². The van der Waals surface area contributed by atoms with Crippen LogP contribution in [-0.2, 0) is 37.0 Å². The average molecular weight is 471 g/mol. The first-order chi connectivity index (χ1) is 16.2. The molecule has 0 radical (unpaired) electrons. The van der Waals surface area contributed by atoms with E-state index in [2.05, 4.69) is 5.32 Å². The van der Waals surface area contributed by atoms with Crippen LogP contribution in [0.2, 0.25) is 0 Å². The molecular weight excluding hydrogens is 436 g/mol. The highest BCUT2D eigenvalue weighted by Gasteiger charge is 2.51. The molecule has 2 rings (SSSR count). The number of unbranched alkanes of at least 4 members (excludes halogenated alkanes) is 1. The molecule has 0 bridgehead atoms. The number of amides is 1. The van der Waals surface area contributed by atoms with Crippen LogP contribution in [0.4, 0.5) is 4.79 Å². The van der Waals surface area contributed by atoms with E-state index in [-0.39, 0.29) is 19.6 Å². The van der Waals surface area contributed by atoms with E-state index in [1.165, 1.54) is 0 Å². The van der Waals surface area contributed by atoms with Crippen molar-refractivity contribution in [3.05, 3.63) is 71.8 Å². The summed E-state index contributed by atoms with van der Waals surface area (Å²) in [7, 11) is 0. The Morgan fingerprint density at radius 1 is 0.794 bits per heavy atom. The lowest BCUT2D eigenvalue weighted by Gasteiger charge is -2.31. The van der Waals surface area contributed by atoms with Crippen LogP contribution >= 0.6 is 0 Å². The van der Waals surface area contributed by atoms with Gasteiger partial charge in [0.15, 0.2) is 0 Å². The van der Waals surface area contributed by atoms with E-state index in [0.717, 1.165) is 11.1 Å². The fourth-order valence-electron chi connectivity index (χ4n) is 3.16. The predicted molar refractivity (Wildman–Crippen MR) is 127 cm³/mol. The van der Waals surface area contributed by atoms with Crippen molar-refractivity contribution < 1.29 is 28.6 Å². The quantitative estimate of drug-likeness (QED) is 0.222. The third-order valence-electron chi connectivity index (χ3n) is 4.84. The lowest BCUT2D eigenvalue weighted by Crippen LogP contribution is -2.62. The van der Waals surface area contributed by atoms with E-state index in [9.17, 15) is 14.4 Å². The summed E-state index contributed by atoms with van der Waals surface area (Å²) in [6.45, 7) is 5.28. The Morgan fingerprint density at radius 3 is 1.68 bits per heavy atom. The number of nitrogens with two attached hydrogens (primary N) is 1. The van der Waals surface area contributed by atoms with Gasteiger partial charge in [-0.3, -0.25) is 5.32 Å². The van der Waals surface area contributed by atoms with Crippen molar-refractivity contribution in [1.29, 1.82) is 0 Å². The number of esters is 2. The second-order valence-corrected chi connectivity index (χ2v) is 8.90. The number of ether oxygens (including phenoxy) is 3. The van der Waals surface area contributed by atoms with Gasteiger partial charge in [-0.2, -0.15) is 0 Å². The average Bonchev–Trinajstić information content (AvgIpc) is 2.80. The number of hydrogen-bond acceptors (Lipinski definition) is 7. The minimum Gasteiger partial charge on any atom is -0.459 e. The normalized spacial score (nSPS) is 11.4. The molecule has 0 atom stereocenters. The van der Waals surface area contributed by atoms with Crippen LogP contribution < -0.4 is 11.1 Å². The number of benzene rings is 2. The summed E-state index contributed by atoms with van der Waals surface area (Å²) in [4.78, 5) is 39.4. The largest absolute Gasteiger partial charge is 0.459 e. The maximum Gasteiger partial charge on any atom is 0.409 e.